The monoisotopic (exact) mass is 413 g/mol. The molecule has 1 N–H and O–H groups in total. The summed E-state index contributed by atoms with van der Waals surface area (Å²) in [6.07, 6.45) is 2.90. The topological polar surface area (TPSA) is 75.3 Å². The normalized spacial score (nSPS) is 10.8. The molecule has 0 spiro atoms. The lowest BCUT2D eigenvalue weighted by atomic mass is 10.0. The Hall–Kier alpha value is -3.61. The van der Waals surface area contributed by atoms with Crippen molar-refractivity contribution >= 4 is 23.9 Å². The first-order chi connectivity index (χ1) is 14.5. The summed E-state index contributed by atoms with van der Waals surface area (Å²) in [5.41, 5.74) is 2.71. The molecule has 160 valence electrons. The molecule has 7 nitrogen and oxygen atoms in total. The van der Waals surface area contributed by atoms with Gasteiger partial charge in [-0.1, -0.05) is 18.7 Å². The summed E-state index contributed by atoms with van der Waals surface area (Å²) in [7, 11) is 6.24. The highest BCUT2D eigenvalue weighted by Gasteiger charge is 2.16. The van der Waals surface area contributed by atoms with Gasteiger partial charge in [-0.3, -0.25) is 5.32 Å². The van der Waals surface area contributed by atoms with Gasteiger partial charge in [0, 0.05) is 5.56 Å². The second kappa shape index (κ2) is 10.8. The van der Waals surface area contributed by atoms with Crippen molar-refractivity contribution in [2.24, 2.45) is 0 Å². The zero-order valence-corrected chi connectivity index (χ0v) is 17.9. The van der Waals surface area contributed by atoms with E-state index in [1.54, 1.807) is 71.8 Å². The number of hydrogen-bond acceptors (Lipinski definition) is 6. The van der Waals surface area contributed by atoms with Gasteiger partial charge in [-0.15, -0.1) is 0 Å². The lowest BCUT2D eigenvalue weighted by Gasteiger charge is -2.17. The SMILES string of the molecule is C=Cc1cc(OC)c(OC)cc1/C(=C/c1ccc(OC)c(OC)c1)NC(=O)OCC. The number of benzene rings is 2. The van der Waals surface area contributed by atoms with E-state index < -0.39 is 6.09 Å². The standard InChI is InChI=1S/C23H27NO6/c1-7-16-13-21(28-5)22(29-6)14-17(16)18(24-23(25)30-8-2)11-15-9-10-19(26-3)20(12-15)27-4/h7,9-14H,1,8H2,2-6H3,(H,24,25)/b18-11-. The van der Waals surface area contributed by atoms with Gasteiger partial charge in [0.2, 0.25) is 0 Å². The summed E-state index contributed by atoms with van der Waals surface area (Å²) in [5.74, 6) is 2.24. The molecule has 2 aromatic carbocycles. The molecule has 0 heterocycles. The molecule has 0 saturated heterocycles. The van der Waals surface area contributed by atoms with Gasteiger partial charge >= 0.3 is 6.09 Å². The predicted molar refractivity (Wildman–Crippen MR) is 117 cm³/mol. The minimum absolute atomic E-state index is 0.246. The number of methoxy groups -OCH3 is 4. The maximum Gasteiger partial charge on any atom is 0.411 e. The molecule has 0 unspecified atom stereocenters. The number of amides is 1. The Balaban J connectivity index is 2.65. The van der Waals surface area contributed by atoms with Crippen molar-refractivity contribution in [2.45, 2.75) is 6.92 Å². The summed E-state index contributed by atoms with van der Waals surface area (Å²) in [4.78, 5) is 12.2. The molecule has 0 aromatic heterocycles. The number of carbonyl (C=O) groups is 1. The van der Waals surface area contributed by atoms with E-state index in [0.717, 1.165) is 11.1 Å². The van der Waals surface area contributed by atoms with Crippen LogP contribution in [0.1, 0.15) is 23.6 Å². The third-order valence-corrected chi connectivity index (χ3v) is 4.30. The van der Waals surface area contributed by atoms with Crippen molar-refractivity contribution in [3.8, 4) is 23.0 Å². The van der Waals surface area contributed by atoms with Crippen molar-refractivity contribution in [1.29, 1.82) is 0 Å². The number of ether oxygens (including phenoxy) is 5. The maximum absolute atomic E-state index is 12.2. The zero-order chi connectivity index (χ0) is 22.1. The molecule has 0 atom stereocenters. The molecule has 0 radical (unpaired) electrons. The van der Waals surface area contributed by atoms with Crippen LogP contribution in [0.4, 0.5) is 4.79 Å². The van der Waals surface area contributed by atoms with Gasteiger partial charge in [0.05, 0.1) is 40.7 Å². The van der Waals surface area contributed by atoms with Crippen LogP contribution in [0, 0.1) is 0 Å². The number of nitrogens with one attached hydrogen (secondary N) is 1. The van der Waals surface area contributed by atoms with Crippen LogP contribution in [-0.4, -0.2) is 41.1 Å². The first-order valence-electron chi connectivity index (χ1n) is 9.27. The highest BCUT2D eigenvalue weighted by Crippen LogP contribution is 2.35. The van der Waals surface area contributed by atoms with Crippen LogP contribution < -0.4 is 24.3 Å². The Bertz CT molecular complexity index is 936. The van der Waals surface area contributed by atoms with Crippen LogP contribution in [-0.2, 0) is 4.74 Å². The summed E-state index contributed by atoms with van der Waals surface area (Å²) >= 11 is 0. The van der Waals surface area contributed by atoms with E-state index in [1.807, 2.05) is 6.07 Å². The molecule has 0 fully saturated rings. The molecule has 0 aliphatic heterocycles. The molecule has 2 aromatic rings. The third-order valence-electron chi connectivity index (χ3n) is 4.30. The zero-order valence-electron chi connectivity index (χ0n) is 17.9. The van der Waals surface area contributed by atoms with Gasteiger partial charge in [0.15, 0.2) is 23.0 Å². The van der Waals surface area contributed by atoms with E-state index in [1.165, 1.54) is 0 Å². The number of alkyl carbamates (subject to hydrolysis) is 1. The first-order valence-corrected chi connectivity index (χ1v) is 9.27. The molecule has 7 heteroatoms. The van der Waals surface area contributed by atoms with Crippen molar-refractivity contribution in [2.75, 3.05) is 35.0 Å². The van der Waals surface area contributed by atoms with Gasteiger partial charge in [-0.25, -0.2) is 4.79 Å². The molecule has 0 saturated carbocycles. The van der Waals surface area contributed by atoms with E-state index in [2.05, 4.69) is 11.9 Å². The minimum atomic E-state index is -0.575. The van der Waals surface area contributed by atoms with Gasteiger partial charge < -0.3 is 23.7 Å². The average Bonchev–Trinajstić information content (AvgIpc) is 2.77. The number of hydrogen-bond donors (Lipinski definition) is 1. The summed E-state index contributed by atoms with van der Waals surface area (Å²) in [6, 6.07) is 9.00. The molecular weight excluding hydrogens is 386 g/mol. The Labute approximate surface area is 176 Å². The van der Waals surface area contributed by atoms with Gasteiger partial charge in [-0.05, 0) is 48.4 Å². The fourth-order valence-electron chi connectivity index (χ4n) is 2.86. The molecule has 0 aliphatic rings. The maximum atomic E-state index is 12.2. The number of carbonyl (C=O) groups excluding carboxylic acids is 1. The van der Waals surface area contributed by atoms with Crippen LogP contribution in [0.3, 0.4) is 0 Å². The molecule has 30 heavy (non-hydrogen) atoms. The smallest absolute Gasteiger partial charge is 0.411 e. The minimum Gasteiger partial charge on any atom is -0.493 e. The van der Waals surface area contributed by atoms with E-state index in [9.17, 15) is 4.79 Å². The van der Waals surface area contributed by atoms with Crippen molar-refractivity contribution in [3.63, 3.8) is 0 Å². The second-order valence-corrected chi connectivity index (χ2v) is 6.02. The van der Waals surface area contributed by atoms with Crippen LogP contribution >= 0.6 is 0 Å². The second-order valence-electron chi connectivity index (χ2n) is 6.02. The van der Waals surface area contributed by atoms with E-state index in [4.69, 9.17) is 23.7 Å². The first kappa shape index (κ1) is 22.7. The Kier molecular flexibility index (Phi) is 8.17. The summed E-state index contributed by atoms with van der Waals surface area (Å²) < 4.78 is 26.5. The summed E-state index contributed by atoms with van der Waals surface area (Å²) in [6.45, 7) is 5.86. The number of rotatable bonds is 9. The average molecular weight is 413 g/mol. The fraction of sp³-hybridized carbons (Fsp3) is 0.261. The Morgan fingerprint density at radius 1 is 0.933 bits per heavy atom. The molecule has 0 bridgehead atoms. The van der Waals surface area contributed by atoms with Crippen LogP contribution in [0.25, 0.3) is 17.8 Å². The van der Waals surface area contributed by atoms with Crippen LogP contribution in [0.15, 0.2) is 36.9 Å². The lowest BCUT2D eigenvalue weighted by molar-refractivity contribution is 0.157. The van der Waals surface area contributed by atoms with E-state index >= 15 is 0 Å². The van der Waals surface area contributed by atoms with Gasteiger partial charge in [-0.2, -0.15) is 0 Å². The van der Waals surface area contributed by atoms with Crippen LogP contribution in [0.5, 0.6) is 23.0 Å². The summed E-state index contributed by atoms with van der Waals surface area (Å²) in [5, 5.41) is 2.80. The quantitative estimate of drug-likeness (QED) is 0.605. The lowest BCUT2D eigenvalue weighted by Crippen LogP contribution is -2.23. The van der Waals surface area contributed by atoms with Gasteiger partial charge in [0.1, 0.15) is 0 Å². The van der Waals surface area contributed by atoms with E-state index in [0.29, 0.717) is 34.3 Å². The fourth-order valence-corrected chi connectivity index (χ4v) is 2.86. The van der Waals surface area contributed by atoms with Crippen molar-refractivity contribution in [3.05, 3.63) is 53.6 Å². The van der Waals surface area contributed by atoms with Gasteiger partial charge in [0.25, 0.3) is 0 Å². The Morgan fingerprint density at radius 3 is 2.10 bits per heavy atom. The molecular formula is C23H27NO6. The van der Waals surface area contributed by atoms with Crippen molar-refractivity contribution < 1.29 is 28.5 Å². The van der Waals surface area contributed by atoms with E-state index in [-0.39, 0.29) is 6.61 Å². The highest BCUT2D eigenvalue weighted by molar-refractivity contribution is 5.92. The van der Waals surface area contributed by atoms with Crippen LogP contribution in [0.2, 0.25) is 0 Å². The highest BCUT2D eigenvalue weighted by atomic mass is 16.5. The molecule has 1 amide bonds. The predicted octanol–water partition coefficient (Wildman–Crippen LogP) is 4.61. The molecule has 2 rings (SSSR count). The third kappa shape index (κ3) is 5.26. The van der Waals surface area contributed by atoms with Crippen molar-refractivity contribution in [1.82, 2.24) is 5.32 Å². The Morgan fingerprint density at radius 2 is 1.53 bits per heavy atom. The largest absolute Gasteiger partial charge is 0.493 e. The molecule has 0 aliphatic carbocycles.